The molecule has 2 rings (SSSR count). The first-order valence-corrected chi connectivity index (χ1v) is 5.44. The molecule has 0 unspecified atom stereocenters. The van der Waals surface area contributed by atoms with Crippen molar-refractivity contribution in [3.05, 3.63) is 28.8 Å². The molecule has 2 heterocycles. The second-order valence-electron chi connectivity index (χ2n) is 2.50. The van der Waals surface area contributed by atoms with Gasteiger partial charge >= 0.3 is 0 Å². The molecule has 72 valence electrons. The minimum Gasteiger partial charge on any atom is -0.416 e. The fraction of sp³-hybridized carbons (Fsp3) is 0.125. The molecule has 0 saturated heterocycles. The predicted octanol–water partition coefficient (Wildman–Crippen LogP) is 2.69. The summed E-state index contributed by atoms with van der Waals surface area (Å²) in [5.74, 6) is 0.567. The van der Waals surface area contributed by atoms with E-state index in [-0.39, 0.29) is 0 Å². The van der Waals surface area contributed by atoms with Gasteiger partial charge in [-0.2, -0.15) is 0 Å². The third-order valence-electron chi connectivity index (χ3n) is 1.44. The van der Waals surface area contributed by atoms with Crippen molar-refractivity contribution >= 4 is 27.7 Å². The standard InChI is InChI=1S/C8H6BrN3OS/c1-5-11-12-8(13-5)14-7-2-3-10-4-6(7)9/h2-4H,1H3. The van der Waals surface area contributed by atoms with Gasteiger partial charge in [-0.15, -0.1) is 10.2 Å². The maximum Gasteiger partial charge on any atom is 0.281 e. The molecule has 0 spiro atoms. The molecule has 6 heteroatoms. The van der Waals surface area contributed by atoms with Crippen molar-refractivity contribution in [3.8, 4) is 0 Å². The van der Waals surface area contributed by atoms with E-state index in [1.54, 1.807) is 19.3 Å². The lowest BCUT2D eigenvalue weighted by atomic mass is 10.5. The second kappa shape index (κ2) is 4.10. The van der Waals surface area contributed by atoms with Crippen molar-refractivity contribution in [2.45, 2.75) is 17.0 Å². The van der Waals surface area contributed by atoms with E-state index in [0.29, 0.717) is 11.1 Å². The first-order chi connectivity index (χ1) is 6.75. The van der Waals surface area contributed by atoms with Crippen molar-refractivity contribution in [1.82, 2.24) is 15.2 Å². The molecule has 0 N–H and O–H groups in total. The van der Waals surface area contributed by atoms with E-state index >= 15 is 0 Å². The molecule has 14 heavy (non-hydrogen) atoms. The van der Waals surface area contributed by atoms with E-state index in [1.807, 2.05) is 6.07 Å². The van der Waals surface area contributed by atoms with Crippen LogP contribution in [0.15, 0.2) is 37.5 Å². The van der Waals surface area contributed by atoms with E-state index in [2.05, 4.69) is 31.1 Å². The SMILES string of the molecule is Cc1nnc(Sc2ccncc2Br)o1. The van der Waals surface area contributed by atoms with Gasteiger partial charge in [0, 0.05) is 28.7 Å². The lowest BCUT2D eigenvalue weighted by Crippen LogP contribution is -1.77. The summed E-state index contributed by atoms with van der Waals surface area (Å²) in [5.41, 5.74) is 0. The molecule has 0 aliphatic carbocycles. The fourth-order valence-corrected chi connectivity index (χ4v) is 2.06. The van der Waals surface area contributed by atoms with Gasteiger partial charge < -0.3 is 4.42 Å². The quantitative estimate of drug-likeness (QED) is 0.841. The first-order valence-electron chi connectivity index (χ1n) is 3.83. The monoisotopic (exact) mass is 271 g/mol. The van der Waals surface area contributed by atoms with E-state index in [4.69, 9.17) is 4.42 Å². The highest BCUT2D eigenvalue weighted by atomic mass is 79.9. The van der Waals surface area contributed by atoms with Gasteiger partial charge in [0.05, 0.1) is 0 Å². The number of nitrogens with zero attached hydrogens (tertiary/aromatic N) is 3. The van der Waals surface area contributed by atoms with Crippen LogP contribution in [-0.4, -0.2) is 15.2 Å². The predicted molar refractivity (Wildman–Crippen MR) is 55.1 cm³/mol. The van der Waals surface area contributed by atoms with Gasteiger partial charge in [0.25, 0.3) is 5.22 Å². The number of rotatable bonds is 2. The summed E-state index contributed by atoms with van der Waals surface area (Å²) in [5, 5.41) is 8.17. The molecule has 0 aliphatic heterocycles. The third kappa shape index (κ3) is 2.13. The Balaban J connectivity index is 2.23. The summed E-state index contributed by atoms with van der Waals surface area (Å²) in [6.45, 7) is 1.76. The van der Waals surface area contributed by atoms with Crippen molar-refractivity contribution in [3.63, 3.8) is 0 Å². The van der Waals surface area contributed by atoms with Gasteiger partial charge in [0.15, 0.2) is 0 Å². The number of hydrogen-bond donors (Lipinski definition) is 0. The molecule has 2 aromatic rings. The number of aryl methyl sites for hydroxylation is 1. The highest BCUT2D eigenvalue weighted by Gasteiger charge is 2.07. The second-order valence-corrected chi connectivity index (χ2v) is 4.34. The van der Waals surface area contributed by atoms with Gasteiger partial charge in [0.2, 0.25) is 5.89 Å². The van der Waals surface area contributed by atoms with Gasteiger partial charge in [-0.3, -0.25) is 4.98 Å². The third-order valence-corrected chi connectivity index (χ3v) is 3.25. The van der Waals surface area contributed by atoms with Crippen LogP contribution in [-0.2, 0) is 0 Å². The molecular formula is C8H6BrN3OS. The smallest absolute Gasteiger partial charge is 0.281 e. The Morgan fingerprint density at radius 2 is 2.29 bits per heavy atom. The lowest BCUT2D eigenvalue weighted by molar-refractivity contribution is 0.429. The minimum absolute atomic E-state index is 0.536. The Bertz CT molecular complexity index is 446. The molecule has 0 saturated carbocycles. The molecule has 4 nitrogen and oxygen atoms in total. The molecule has 0 radical (unpaired) electrons. The van der Waals surface area contributed by atoms with Crippen LogP contribution in [0.3, 0.4) is 0 Å². The van der Waals surface area contributed by atoms with Gasteiger partial charge in [-0.1, -0.05) is 0 Å². The maximum absolute atomic E-state index is 5.24. The normalized spacial score (nSPS) is 10.4. The molecule has 0 aliphatic rings. The molecular weight excluding hydrogens is 266 g/mol. The van der Waals surface area contributed by atoms with E-state index in [0.717, 1.165) is 9.37 Å². The fourth-order valence-electron chi connectivity index (χ4n) is 0.859. The Hall–Kier alpha value is -0.880. The highest BCUT2D eigenvalue weighted by molar-refractivity contribution is 9.10. The topological polar surface area (TPSA) is 51.8 Å². The van der Waals surface area contributed by atoms with Crippen molar-refractivity contribution < 1.29 is 4.42 Å². The molecule has 0 fully saturated rings. The van der Waals surface area contributed by atoms with Crippen LogP contribution in [0.5, 0.6) is 0 Å². The van der Waals surface area contributed by atoms with E-state index < -0.39 is 0 Å². The molecule has 0 atom stereocenters. The van der Waals surface area contributed by atoms with Crippen LogP contribution in [0.2, 0.25) is 0 Å². The zero-order valence-corrected chi connectivity index (χ0v) is 9.67. The summed E-state index contributed by atoms with van der Waals surface area (Å²) >= 11 is 4.80. The van der Waals surface area contributed by atoms with Crippen molar-refractivity contribution in [2.24, 2.45) is 0 Å². The molecule has 0 aromatic carbocycles. The van der Waals surface area contributed by atoms with Gasteiger partial charge in [0.1, 0.15) is 0 Å². The number of hydrogen-bond acceptors (Lipinski definition) is 5. The van der Waals surface area contributed by atoms with Crippen LogP contribution >= 0.6 is 27.7 Å². The summed E-state index contributed by atoms with van der Waals surface area (Å²) < 4.78 is 6.16. The molecule has 2 aromatic heterocycles. The average molecular weight is 272 g/mol. The van der Waals surface area contributed by atoms with Crippen LogP contribution in [0.4, 0.5) is 0 Å². The summed E-state index contributed by atoms with van der Waals surface area (Å²) in [6, 6.07) is 1.88. The summed E-state index contributed by atoms with van der Waals surface area (Å²) in [6.07, 6.45) is 3.45. The Kier molecular flexibility index (Phi) is 2.83. The number of halogens is 1. The Morgan fingerprint density at radius 1 is 1.43 bits per heavy atom. The van der Waals surface area contributed by atoms with Crippen molar-refractivity contribution in [1.29, 1.82) is 0 Å². The average Bonchev–Trinajstić information content (AvgIpc) is 2.56. The van der Waals surface area contributed by atoms with Crippen LogP contribution < -0.4 is 0 Å². The zero-order chi connectivity index (χ0) is 9.97. The highest BCUT2D eigenvalue weighted by Crippen LogP contribution is 2.31. The first kappa shape index (κ1) is 9.67. The van der Waals surface area contributed by atoms with E-state index in [1.165, 1.54) is 11.8 Å². The van der Waals surface area contributed by atoms with Crippen LogP contribution in [0.25, 0.3) is 0 Å². The lowest BCUT2D eigenvalue weighted by Gasteiger charge is -1.97. The largest absolute Gasteiger partial charge is 0.416 e. The zero-order valence-electron chi connectivity index (χ0n) is 7.27. The van der Waals surface area contributed by atoms with E-state index in [9.17, 15) is 0 Å². The van der Waals surface area contributed by atoms with Crippen LogP contribution in [0, 0.1) is 6.92 Å². The minimum atomic E-state index is 0.536. The number of aromatic nitrogens is 3. The summed E-state index contributed by atoms with van der Waals surface area (Å²) in [4.78, 5) is 4.97. The Labute approximate surface area is 93.3 Å². The number of pyridine rings is 1. The van der Waals surface area contributed by atoms with Gasteiger partial charge in [-0.05, 0) is 33.8 Å². The molecule has 0 amide bonds. The Morgan fingerprint density at radius 3 is 2.93 bits per heavy atom. The summed E-state index contributed by atoms with van der Waals surface area (Å²) in [7, 11) is 0. The maximum atomic E-state index is 5.24. The van der Waals surface area contributed by atoms with Gasteiger partial charge in [-0.25, -0.2) is 0 Å². The van der Waals surface area contributed by atoms with Crippen molar-refractivity contribution in [2.75, 3.05) is 0 Å². The molecule has 0 bridgehead atoms. The van der Waals surface area contributed by atoms with Crippen LogP contribution in [0.1, 0.15) is 5.89 Å².